The third kappa shape index (κ3) is 3.21. The van der Waals surface area contributed by atoms with Crippen molar-refractivity contribution < 1.29 is 14.8 Å². The van der Waals surface area contributed by atoms with Gasteiger partial charge in [-0.15, -0.1) is 0 Å². The molecule has 0 aliphatic heterocycles. The minimum absolute atomic E-state index is 0.0419. The Kier molecular flexibility index (Phi) is 3.99. The van der Waals surface area contributed by atoms with Gasteiger partial charge in [-0.25, -0.2) is 0 Å². The lowest BCUT2D eigenvalue weighted by Gasteiger charge is -2.22. The summed E-state index contributed by atoms with van der Waals surface area (Å²) in [6.45, 7) is 0. The van der Waals surface area contributed by atoms with Gasteiger partial charge < -0.3 is 10.4 Å². The molecule has 0 heterocycles. The fourth-order valence-corrected chi connectivity index (χ4v) is 2.33. The van der Waals surface area contributed by atoms with E-state index in [2.05, 4.69) is 5.32 Å². The number of rotatable bonds is 3. The molecule has 0 aromatic heterocycles. The van der Waals surface area contributed by atoms with Crippen molar-refractivity contribution in [2.45, 2.75) is 38.1 Å². The van der Waals surface area contributed by atoms with E-state index in [9.17, 15) is 20.0 Å². The summed E-state index contributed by atoms with van der Waals surface area (Å²) in [4.78, 5) is 22.1. The van der Waals surface area contributed by atoms with Gasteiger partial charge in [0.1, 0.15) is 5.75 Å². The number of nitro benzene ring substituents is 1. The number of carbonyl (C=O) groups excluding carboxylic acids is 1. The molecule has 6 heteroatoms. The lowest BCUT2D eigenvalue weighted by Crippen LogP contribution is -2.36. The molecule has 1 fully saturated rings. The minimum atomic E-state index is -0.586. The van der Waals surface area contributed by atoms with Gasteiger partial charge in [-0.05, 0) is 18.9 Å². The zero-order valence-corrected chi connectivity index (χ0v) is 10.5. The topological polar surface area (TPSA) is 92.5 Å². The first kappa shape index (κ1) is 13.3. The number of phenolic OH excluding ortho intramolecular Hbond substituents is 1. The average Bonchev–Trinajstić information content (AvgIpc) is 2.40. The van der Waals surface area contributed by atoms with Crippen LogP contribution in [0.1, 0.15) is 42.5 Å². The summed E-state index contributed by atoms with van der Waals surface area (Å²) in [7, 11) is 0. The lowest BCUT2D eigenvalue weighted by molar-refractivity contribution is -0.384. The van der Waals surface area contributed by atoms with Crippen molar-refractivity contribution in [1.29, 1.82) is 0 Å². The number of nitrogens with one attached hydrogen (secondary N) is 1. The van der Waals surface area contributed by atoms with Crippen LogP contribution >= 0.6 is 0 Å². The Morgan fingerprint density at radius 1 is 1.32 bits per heavy atom. The maximum Gasteiger partial charge on any atom is 0.270 e. The SMILES string of the molecule is O=C(NC1CCCCC1)c1cc([N+](=O)[O-])ccc1O. The van der Waals surface area contributed by atoms with Crippen LogP contribution < -0.4 is 5.32 Å². The maximum absolute atomic E-state index is 12.0. The Hall–Kier alpha value is -2.11. The predicted octanol–water partition coefficient (Wildman–Crippen LogP) is 2.36. The highest BCUT2D eigenvalue weighted by atomic mass is 16.6. The molecule has 2 N–H and O–H groups in total. The summed E-state index contributed by atoms with van der Waals surface area (Å²) in [5.41, 5.74) is -0.244. The molecular weight excluding hydrogens is 248 g/mol. The van der Waals surface area contributed by atoms with E-state index in [1.807, 2.05) is 0 Å². The summed E-state index contributed by atoms with van der Waals surface area (Å²) in [6.07, 6.45) is 5.16. The van der Waals surface area contributed by atoms with E-state index in [4.69, 9.17) is 0 Å². The smallest absolute Gasteiger partial charge is 0.270 e. The second kappa shape index (κ2) is 5.69. The van der Waals surface area contributed by atoms with Gasteiger partial charge in [0, 0.05) is 18.2 Å². The molecule has 1 aromatic carbocycles. The summed E-state index contributed by atoms with van der Waals surface area (Å²) in [5, 5.41) is 23.1. The third-order valence-electron chi connectivity index (χ3n) is 3.38. The normalized spacial score (nSPS) is 16.0. The quantitative estimate of drug-likeness (QED) is 0.647. The maximum atomic E-state index is 12.0. The van der Waals surface area contributed by atoms with Crippen molar-refractivity contribution in [2.75, 3.05) is 0 Å². The number of non-ortho nitro benzene ring substituents is 1. The number of nitrogens with zero attached hydrogens (tertiary/aromatic N) is 1. The first-order chi connectivity index (χ1) is 9.08. The van der Waals surface area contributed by atoms with Crippen LogP contribution in [-0.4, -0.2) is 22.0 Å². The average molecular weight is 264 g/mol. The summed E-state index contributed by atoms with van der Waals surface area (Å²) >= 11 is 0. The largest absolute Gasteiger partial charge is 0.507 e. The Balaban J connectivity index is 2.13. The molecule has 0 bridgehead atoms. The van der Waals surface area contributed by atoms with Crippen molar-refractivity contribution in [3.8, 4) is 5.75 Å². The van der Waals surface area contributed by atoms with Crippen LogP contribution in [0.25, 0.3) is 0 Å². The molecule has 0 atom stereocenters. The Bertz CT molecular complexity index is 495. The molecular formula is C13H16N2O4. The van der Waals surface area contributed by atoms with Gasteiger partial charge >= 0.3 is 0 Å². The van der Waals surface area contributed by atoms with Crippen LogP contribution in [0.5, 0.6) is 5.75 Å². The van der Waals surface area contributed by atoms with Gasteiger partial charge in [0.15, 0.2) is 0 Å². The van der Waals surface area contributed by atoms with E-state index < -0.39 is 10.8 Å². The van der Waals surface area contributed by atoms with Gasteiger partial charge in [0.25, 0.3) is 11.6 Å². The van der Waals surface area contributed by atoms with Crippen LogP contribution in [0.2, 0.25) is 0 Å². The molecule has 19 heavy (non-hydrogen) atoms. The third-order valence-corrected chi connectivity index (χ3v) is 3.38. The fourth-order valence-electron chi connectivity index (χ4n) is 2.33. The Morgan fingerprint density at radius 2 is 2.00 bits per heavy atom. The van der Waals surface area contributed by atoms with E-state index in [-0.39, 0.29) is 23.0 Å². The molecule has 2 rings (SSSR count). The van der Waals surface area contributed by atoms with E-state index in [0.717, 1.165) is 31.7 Å². The molecule has 6 nitrogen and oxygen atoms in total. The summed E-state index contributed by atoms with van der Waals surface area (Å²) in [5.74, 6) is -0.688. The summed E-state index contributed by atoms with van der Waals surface area (Å²) < 4.78 is 0. The number of benzene rings is 1. The highest BCUT2D eigenvalue weighted by Gasteiger charge is 2.20. The fraction of sp³-hybridized carbons (Fsp3) is 0.462. The zero-order chi connectivity index (χ0) is 13.8. The van der Waals surface area contributed by atoms with Crippen molar-refractivity contribution in [1.82, 2.24) is 5.32 Å². The van der Waals surface area contributed by atoms with Gasteiger partial charge in [0.2, 0.25) is 0 Å². The number of amides is 1. The molecule has 1 aliphatic carbocycles. The van der Waals surface area contributed by atoms with Crippen molar-refractivity contribution >= 4 is 11.6 Å². The molecule has 0 radical (unpaired) electrons. The van der Waals surface area contributed by atoms with Crippen molar-refractivity contribution in [2.24, 2.45) is 0 Å². The van der Waals surface area contributed by atoms with Crippen LogP contribution in [-0.2, 0) is 0 Å². The van der Waals surface area contributed by atoms with E-state index in [1.165, 1.54) is 18.6 Å². The molecule has 0 spiro atoms. The molecule has 1 aliphatic rings. The van der Waals surface area contributed by atoms with Crippen molar-refractivity contribution in [3.05, 3.63) is 33.9 Å². The minimum Gasteiger partial charge on any atom is -0.507 e. The van der Waals surface area contributed by atoms with Crippen LogP contribution in [0.4, 0.5) is 5.69 Å². The molecule has 1 saturated carbocycles. The van der Waals surface area contributed by atoms with E-state index in [1.54, 1.807) is 0 Å². The number of hydrogen-bond donors (Lipinski definition) is 2. The zero-order valence-electron chi connectivity index (χ0n) is 10.5. The summed E-state index contributed by atoms with van der Waals surface area (Å²) in [6, 6.07) is 3.55. The van der Waals surface area contributed by atoms with Gasteiger partial charge in [0.05, 0.1) is 10.5 Å². The van der Waals surface area contributed by atoms with Crippen LogP contribution in [0.15, 0.2) is 18.2 Å². The second-order valence-electron chi connectivity index (χ2n) is 4.77. The Labute approximate surface area is 110 Å². The lowest BCUT2D eigenvalue weighted by atomic mass is 9.95. The molecule has 1 aromatic rings. The molecule has 0 saturated heterocycles. The van der Waals surface area contributed by atoms with Gasteiger partial charge in [-0.1, -0.05) is 19.3 Å². The molecule has 0 unspecified atom stereocenters. The first-order valence-corrected chi connectivity index (χ1v) is 6.36. The van der Waals surface area contributed by atoms with Crippen LogP contribution in [0.3, 0.4) is 0 Å². The molecule has 1 amide bonds. The highest BCUT2D eigenvalue weighted by Crippen LogP contribution is 2.24. The second-order valence-corrected chi connectivity index (χ2v) is 4.77. The first-order valence-electron chi connectivity index (χ1n) is 6.36. The number of phenols is 1. The van der Waals surface area contributed by atoms with Crippen molar-refractivity contribution in [3.63, 3.8) is 0 Å². The van der Waals surface area contributed by atoms with E-state index in [0.29, 0.717) is 0 Å². The Morgan fingerprint density at radius 3 is 2.63 bits per heavy atom. The van der Waals surface area contributed by atoms with E-state index >= 15 is 0 Å². The number of carbonyl (C=O) groups is 1. The number of hydrogen-bond acceptors (Lipinski definition) is 4. The van der Waals surface area contributed by atoms with Gasteiger partial charge in [-0.3, -0.25) is 14.9 Å². The number of nitro groups is 1. The number of aromatic hydroxyl groups is 1. The standard InChI is InChI=1S/C13H16N2O4/c16-12-7-6-10(15(18)19)8-11(12)13(17)14-9-4-2-1-3-5-9/h6-9,16H,1-5H2,(H,14,17). The highest BCUT2D eigenvalue weighted by molar-refractivity contribution is 5.97. The monoisotopic (exact) mass is 264 g/mol. The van der Waals surface area contributed by atoms with Crippen LogP contribution in [0, 0.1) is 10.1 Å². The predicted molar refractivity (Wildman–Crippen MR) is 69.1 cm³/mol. The van der Waals surface area contributed by atoms with Gasteiger partial charge in [-0.2, -0.15) is 0 Å². The molecule has 102 valence electrons.